The predicted molar refractivity (Wildman–Crippen MR) is 69.0 cm³/mol. The van der Waals surface area contributed by atoms with E-state index in [1.165, 1.54) is 38.5 Å². The second-order valence-corrected chi connectivity index (χ2v) is 6.67. The molecule has 2 unspecified atom stereocenters. The summed E-state index contributed by atoms with van der Waals surface area (Å²) < 4.78 is 0. The Morgan fingerprint density at radius 1 is 1.24 bits per heavy atom. The highest BCUT2D eigenvalue weighted by Gasteiger charge is 2.55. The maximum absolute atomic E-state index is 12.1. The van der Waals surface area contributed by atoms with Gasteiger partial charge in [0.25, 0.3) is 0 Å². The van der Waals surface area contributed by atoms with Gasteiger partial charge in [0.05, 0.1) is 0 Å². The number of hydrogen-bond donors (Lipinski definition) is 1. The molecule has 3 saturated carbocycles. The number of rotatable bonds is 5. The third-order valence-electron chi connectivity index (χ3n) is 5.18. The lowest BCUT2D eigenvalue weighted by Crippen LogP contribution is -2.32. The fraction of sp³-hybridized carbons (Fsp3) is 0.929. The summed E-state index contributed by atoms with van der Waals surface area (Å²) >= 11 is 5.80. The summed E-state index contributed by atoms with van der Waals surface area (Å²) in [6.07, 6.45) is 8.80. The Bertz CT molecular complexity index is 301. The number of fused-ring (bicyclic) bond motifs is 1. The molecule has 0 aromatic rings. The minimum absolute atomic E-state index is 0.336. The second-order valence-electron chi connectivity index (χ2n) is 6.29. The van der Waals surface area contributed by atoms with Crippen molar-refractivity contribution in [3.8, 4) is 0 Å². The van der Waals surface area contributed by atoms with Gasteiger partial charge in [-0.25, -0.2) is 0 Å². The van der Waals surface area contributed by atoms with Crippen molar-refractivity contribution in [3.05, 3.63) is 0 Å². The molecule has 0 aromatic heterocycles. The average Bonchev–Trinajstić information content (AvgIpc) is 3.22. The number of carbonyl (C=O) groups is 1. The van der Waals surface area contributed by atoms with Crippen molar-refractivity contribution in [2.75, 3.05) is 12.4 Å². The number of alkyl halides is 1. The Morgan fingerprint density at radius 3 is 2.41 bits per heavy atom. The van der Waals surface area contributed by atoms with Gasteiger partial charge in [-0.05, 0) is 49.4 Å². The van der Waals surface area contributed by atoms with E-state index < -0.39 is 0 Å². The minimum atomic E-state index is 0.336. The van der Waals surface area contributed by atoms with Gasteiger partial charge < -0.3 is 5.32 Å². The van der Waals surface area contributed by atoms with Crippen molar-refractivity contribution in [2.24, 2.45) is 23.2 Å². The van der Waals surface area contributed by atoms with Gasteiger partial charge in [-0.1, -0.05) is 12.8 Å². The maximum Gasteiger partial charge on any atom is 0.223 e. The van der Waals surface area contributed by atoms with E-state index >= 15 is 0 Å². The van der Waals surface area contributed by atoms with Gasteiger partial charge in [0, 0.05) is 18.3 Å². The summed E-state index contributed by atoms with van der Waals surface area (Å²) in [6.45, 7) is 0.870. The van der Waals surface area contributed by atoms with Crippen LogP contribution in [0.3, 0.4) is 0 Å². The predicted octanol–water partition coefficient (Wildman–Crippen LogP) is 2.95. The van der Waals surface area contributed by atoms with Crippen LogP contribution in [0.25, 0.3) is 0 Å². The highest BCUT2D eigenvalue weighted by atomic mass is 35.5. The largest absolute Gasteiger partial charge is 0.355 e. The molecule has 0 bridgehead atoms. The van der Waals surface area contributed by atoms with E-state index in [-0.39, 0.29) is 0 Å². The minimum Gasteiger partial charge on any atom is -0.355 e. The van der Waals surface area contributed by atoms with Crippen molar-refractivity contribution < 1.29 is 4.79 Å². The van der Waals surface area contributed by atoms with Crippen molar-refractivity contribution in [2.45, 2.75) is 44.9 Å². The van der Waals surface area contributed by atoms with Gasteiger partial charge in [-0.15, -0.1) is 11.6 Å². The topological polar surface area (TPSA) is 29.1 Å². The first kappa shape index (κ1) is 11.8. The highest BCUT2D eigenvalue weighted by molar-refractivity contribution is 6.17. The fourth-order valence-corrected chi connectivity index (χ4v) is 4.07. The monoisotopic (exact) mass is 255 g/mol. The first-order chi connectivity index (χ1) is 8.26. The van der Waals surface area contributed by atoms with E-state index in [1.807, 2.05) is 0 Å². The van der Waals surface area contributed by atoms with Crippen molar-refractivity contribution >= 4 is 17.5 Å². The molecule has 3 aliphatic rings. The van der Waals surface area contributed by atoms with E-state index in [2.05, 4.69) is 5.32 Å². The van der Waals surface area contributed by atoms with Crippen LogP contribution in [-0.2, 0) is 4.79 Å². The van der Waals surface area contributed by atoms with Gasteiger partial charge in [0.1, 0.15) is 0 Å². The zero-order chi connectivity index (χ0) is 11.9. The van der Waals surface area contributed by atoms with Gasteiger partial charge in [0.15, 0.2) is 0 Å². The molecule has 0 spiro atoms. The average molecular weight is 256 g/mol. The quantitative estimate of drug-likeness (QED) is 0.752. The Labute approximate surface area is 108 Å². The number of halogens is 1. The molecule has 3 fully saturated rings. The molecule has 17 heavy (non-hydrogen) atoms. The molecule has 0 aliphatic heterocycles. The smallest absolute Gasteiger partial charge is 0.223 e. The molecule has 2 nitrogen and oxygen atoms in total. The van der Waals surface area contributed by atoms with E-state index in [4.69, 9.17) is 11.6 Å². The van der Waals surface area contributed by atoms with Crippen LogP contribution in [0.2, 0.25) is 0 Å². The molecule has 3 rings (SSSR count). The van der Waals surface area contributed by atoms with E-state index in [0.717, 1.165) is 30.7 Å². The number of amides is 1. The molecule has 3 aliphatic carbocycles. The molecule has 0 saturated heterocycles. The van der Waals surface area contributed by atoms with Gasteiger partial charge in [-0.3, -0.25) is 4.79 Å². The van der Waals surface area contributed by atoms with Gasteiger partial charge in [-0.2, -0.15) is 0 Å². The molecule has 0 aromatic carbocycles. The maximum atomic E-state index is 12.1. The molecule has 1 amide bonds. The molecule has 96 valence electrons. The highest BCUT2D eigenvalue weighted by Crippen LogP contribution is 2.55. The van der Waals surface area contributed by atoms with Crippen molar-refractivity contribution in [1.29, 1.82) is 0 Å². The normalized spacial score (nSPS) is 37.1. The van der Waals surface area contributed by atoms with E-state index in [1.54, 1.807) is 0 Å². The third-order valence-corrected chi connectivity index (χ3v) is 5.37. The summed E-state index contributed by atoms with van der Waals surface area (Å²) in [5.74, 6) is 2.88. The lowest BCUT2D eigenvalue weighted by Gasteiger charge is -2.14. The lowest BCUT2D eigenvalue weighted by atomic mass is 10.0. The summed E-state index contributed by atoms with van der Waals surface area (Å²) in [4.78, 5) is 12.1. The number of carbonyl (C=O) groups excluding carboxylic acids is 1. The summed E-state index contributed by atoms with van der Waals surface area (Å²) in [6, 6.07) is 0. The summed E-state index contributed by atoms with van der Waals surface area (Å²) in [7, 11) is 0. The van der Waals surface area contributed by atoms with Crippen LogP contribution in [-0.4, -0.2) is 18.3 Å². The van der Waals surface area contributed by atoms with Crippen LogP contribution in [0.15, 0.2) is 0 Å². The zero-order valence-electron chi connectivity index (χ0n) is 10.4. The Morgan fingerprint density at radius 2 is 1.88 bits per heavy atom. The Balaban J connectivity index is 1.45. The molecule has 0 heterocycles. The van der Waals surface area contributed by atoms with E-state index in [9.17, 15) is 4.79 Å². The first-order valence-corrected chi connectivity index (χ1v) is 7.63. The standard InChI is InChI=1S/C14H22ClNO/c15-8-7-14(5-6-14)9-16-13(17)12-10-3-1-2-4-11(10)12/h10-12H,1-9H2,(H,16,17). The molecule has 1 N–H and O–H groups in total. The summed E-state index contributed by atoms with van der Waals surface area (Å²) in [5.41, 5.74) is 0.372. The first-order valence-electron chi connectivity index (χ1n) is 7.09. The molecule has 0 radical (unpaired) electrons. The van der Waals surface area contributed by atoms with Crippen molar-refractivity contribution in [3.63, 3.8) is 0 Å². The van der Waals surface area contributed by atoms with E-state index in [0.29, 0.717) is 17.2 Å². The fourth-order valence-electron chi connectivity index (χ4n) is 3.67. The van der Waals surface area contributed by atoms with Crippen LogP contribution >= 0.6 is 11.6 Å². The Hall–Kier alpha value is -0.240. The van der Waals surface area contributed by atoms with Crippen molar-refractivity contribution in [1.82, 2.24) is 5.32 Å². The van der Waals surface area contributed by atoms with Crippen LogP contribution in [0.4, 0.5) is 0 Å². The van der Waals surface area contributed by atoms with Crippen LogP contribution in [0, 0.1) is 23.2 Å². The second kappa shape index (κ2) is 4.46. The van der Waals surface area contributed by atoms with Gasteiger partial charge in [0.2, 0.25) is 5.91 Å². The van der Waals surface area contributed by atoms with Crippen LogP contribution in [0.1, 0.15) is 44.9 Å². The number of hydrogen-bond acceptors (Lipinski definition) is 1. The molecular weight excluding hydrogens is 234 g/mol. The van der Waals surface area contributed by atoms with Gasteiger partial charge >= 0.3 is 0 Å². The summed E-state index contributed by atoms with van der Waals surface area (Å²) in [5, 5.41) is 3.19. The Kier molecular flexibility index (Phi) is 3.10. The van der Waals surface area contributed by atoms with Crippen LogP contribution in [0.5, 0.6) is 0 Å². The zero-order valence-corrected chi connectivity index (χ0v) is 11.1. The molecular formula is C14H22ClNO. The molecule has 3 heteroatoms. The number of nitrogens with one attached hydrogen (secondary N) is 1. The van der Waals surface area contributed by atoms with Crippen LogP contribution < -0.4 is 5.32 Å². The lowest BCUT2D eigenvalue weighted by molar-refractivity contribution is -0.123. The molecule has 2 atom stereocenters. The SMILES string of the molecule is O=C(NCC1(CCCl)CC1)C1C2CCCCC21. The third kappa shape index (κ3) is 2.33.